The highest BCUT2D eigenvalue weighted by molar-refractivity contribution is 5.96. The molecule has 0 spiro atoms. The number of aryl methyl sites for hydroxylation is 1. The van der Waals surface area contributed by atoms with Crippen LogP contribution in [0.15, 0.2) is 66.2 Å². The third-order valence-corrected chi connectivity index (χ3v) is 4.53. The Balaban J connectivity index is 0.000000190. The Bertz CT molecular complexity index is 1330. The predicted octanol–water partition coefficient (Wildman–Crippen LogP) is 4.11. The summed E-state index contributed by atoms with van der Waals surface area (Å²) in [5.41, 5.74) is 9.59. The van der Waals surface area contributed by atoms with Gasteiger partial charge in [-0.25, -0.2) is 15.0 Å². The normalized spacial score (nSPS) is 10.2. The van der Waals surface area contributed by atoms with E-state index in [0.717, 1.165) is 34.0 Å². The maximum Gasteiger partial charge on any atom is 0.256 e. The summed E-state index contributed by atoms with van der Waals surface area (Å²) in [6.07, 6.45) is 7.26. The molecule has 4 heterocycles. The van der Waals surface area contributed by atoms with Gasteiger partial charge in [-0.05, 0) is 29.5 Å². The molecule has 0 aliphatic heterocycles. The molecular formula is C23H25N7O. The number of anilines is 1. The van der Waals surface area contributed by atoms with E-state index < -0.39 is 0 Å². The van der Waals surface area contributed by atoms with Crippen LogP contribution in [0.25, 0.3) is 33.1 Å². The van der Waals surface area contributed by atoms with Gasteiger partial charge < -0.3 is 15.7 Å². The molecule has 0 fully saturated rings. The molecular weight excluding hydrogens is 390 g/mol. The van der Waals surface area contributed by atoms with Crippen LogP contribution in [0.5, 0.6) is 0 Å². The van der Waals surface area contributed by atoms with Crippen molar-refractivity contribution in [3.8, 4) is 11.1 Å². The molecule has 0 aliphatic carbocycles. The lowest BCUT2D eigenvalue weighted by molar-refractivity contribution is 1.03. The second-order valence-corrected chi connectivity index (χ2v) is 6.35. The molecule has 0 bridgehead atoms. The zero-order valence-corrected chi connectivity index (χ0v) is 17.8. The first-order chi connectivity index (χ1) is 15.2. The number of nitrogens with one attached hydrogen (secondary N) is 2. The van der Waals surface area contributed by atoms with Gasteiger partial charge in [0.15, 0.2) is 11.5 Å². The average molecular weight is 416 g/mol. The summed E-state index contributed by atoms with van der Waals surface area (Å²) in [7, 11) is 0. The van der Waals surface area contributed by atoms with Crippen molar-refractivity contribution in [2.75, 3.05) is 5.73 Å². The van der Waals surface area contributed by atoms with Gasteiger partial charge in [-0.1, -0.05) is 45.0 Å². The zero-order valence-electron chi connectivity index (χ0n) is 17.8. The molecule has 0 amide bonds. The van der Waals surface area contributed by atoms with E-state index >= 15 is 0 Å². The summed E-state index contributed by atoms with van der Waals surface area (Å²) >= 11 is 0. The van der Waals surface area contributed by atoms with Crippen molar-refractivity contribution in [2.24, 2.45) is 0 Å². The van der Waals surface area contributed by atoms with Crippen LogP contribution < -0.4 is 11.3 Å². The minimum atomic E-state index is -0.0335. The number of nitrogens with zero attached hydrogens (tertiary/aromatic N) is 4. The number of pyridine rings is 2. The Kier molecular flexibility index (Phi) is 7.05. The molecule has 5 aromatic rings. The summed E-state index contributed by atoms with van der Waals surface area (Å²) < 4.78 is 0. The molecule has 8 nitrogen and oxygen atoms in total. The SMILES string of the molecule is CC.CCc1cc2cccc(-c3cccnc3)c2c(=O)[nH]1.Nc1ncnc2nc[nH]c12. The van der Waals surface area contributed by atoms with Gasteiger partial charge in [0, 0.05) is 23.7 Å². The third kappa shape index (κ3) is 4.75. The van der Waals surface area contributed by atoms with Crippen molar-refractivity contribution in [1.82, 2.24) is 29.9 Å². The van der Waals surface area contributed by atoms with E-state index in [4.69, 9.17) is 5.73 Å². The van der Waals surface area contributed by atoms with Crippen LogP contribution in [0, 0.1) is 0 Å². The summed E-state index contributed by atoms with van der Waals surface area (Å²) in [6, 6.07) is 11.8. The summed E-state index contributed by atoms with van der Waals surface area (Å²) in [4.78, 5) is 33.7. The van der Waals surface area contributed by atoms with E-state index in [-0.39, 0.29) is 5.56 Å². The van der Waals surface area contributed by atoms with Crippen molar-refractivity contribution >= 4 is 27.8 Å². The molecule has 0 saturated carbocycles. The molecule has 0 aliphatic rings. The largest absolute Gasteiger partial charge is 0.382 e. The van der Waals surface area contributed by atoms with Crippen LogP contribution in [-0.2, 0) is 6.42 Å². The van der Waals surface area contributed by atoms with Gasteiger partial charge in [0.25, 0.3) is 5.56 Å². The smallest absolute Gasteiger partial charge is 0.256 e. The lowest BCUT2D eigenvalue weighted by Gasteiger charge is -2.07. The molecule has 4 N–H and O–H groups in total. The van der Waals surface area contributed by atoms with Crippen molar-refractivity contribution in [3.63, 3.8) is 0 Å². The van der Waals surface area contributed by atoms with Crippen molar-refractivity contribution in [1.29, 1.82) is 0 Å². The average Bonchev–Trinajstić information content (AvgIpc) is 3.31. The Morgan fingerprint density at radius 3 is 2.61 bits per heavy atom. The quantitative estimate of drug-likeness (QED) is 0.398. The van der Waals surface area contributed by atoms with Gasteiger partial charge in [0.05, 0.1) is 11.7 Å². The first-order valence-electron chi connectivity index (χ1n) is 10.1. The zero-order chi connectivity index (χ0) is 22.2. The number of hydrogen-bond acceptors (Lipinski definition) is 6. The molecule has 1 aromatic carbocycles. The van der Waals surface area contributed by atoms with Gasteiger partial charge in [-0.2, -0.15) is 0 Å². The third-order valence-electron chi connectivity index (χ3n) is 4.53. The van der Waals surface area contributed by atoms with E-state index in [2.05, 4.69) is 29.9 Å². The molecule has 8 heteroatoms. The van der Waals surface area contributed by atoms with Crippen LogP contribution in [0.2, 0.25) is 0 Å². The predicted molar refractivity (Wildman–Crippen MR) is 125 cm³/mol. The number of hydrogen-bond donors (Lipinski definition) is 3. The van der Waals surface area contributed by atoms with E-state index in [1.165, 1.54) is 12.7 Å². The highest BCUT2D eigenvalue weighted by atomic mass is 16.1. The number of H-pyrrole nitrogens is 2. The van der Waals surface area contributed by atoms with Gasteiger partial charge in [0.1, 0.15) is 11.8 Å². The minimum Gasteiger partial charge on any atom is -0.382 e. The number of imidazole rings is 1. The van der Waals surface area contributed by atoms with E-state index in [0.29, 0.717) is 17.0 Å². The fraction of sp³-hybridized carbons (Fsp3) is 0.174. The second kappa shape index (κ2) is 10.1. The molecule has 0 radical (unpaired) electrons. The Morgan fingerprint density at radius 2 is 1.90 bits per heavy atom. The monoisotopic (exact) mass is 415 g/mol. The Hall–Kier alpha value is -4.07. The van der Waals surface area contributed by atoms with Gasteiger partial charge in [0.2, 0.25) is 0 Å². The maximum absolute atomic E-state index is 12.3. The fourth-order valence-corrected chi connectivity index (χ4v) is 3.11. The first kappa shape index (κ1) is 21.6. The number of nitrogens with two attached hydrogens (primary N) is 1. The molecule has 0 saturated heterocycles. The van der Waals surface area contributed by atoms with E-state index in [9.17, 15) is 4.79 Å². The lowest BCUT2D eigenvalue weighted by Crippen LogP contribution is -2.09. The van der Waals surface area contributed by atoms with Crippen LogP contribution in [0.3, 0.4) is 0 Å². The van der Waals surface area contributed by atoms with Crippen LogP contribution in [0.1, 0.15) is 26.5 Å². The summed E-state index contributed by atoms with van der Waals surface area (Å²) in [5.74, 6) is 0.433. The number of fused-ring (bicyclic) bond motifs is 2. The molecule has 5 rings (SSSR count). The van der Waals surface area contributed by atoms with E-state index in [1.54, 1.807) is 12.4 Å². The maximum atomic E-state index is 12.3. The standard InChI is InChI=1S/C16H14N2O.C5H5N5.C2H6/c1-2-13-9-11-5-3-7-14(15(11)16(19)18-13)12-6-4-8-17-10-12;6-4-3-5(9-1-7-3)10-2-8-4;1-2/h3-10H,2H2,1H3,(H,18,19);1-2H,(H3,6,7,8,9,10);1-2H3. The highest BCUT2D eigenvalue weighted by Crippen LogP contribution is 2.25. The molecule has 4 aromatic heterocycles. The Labute approximate surface area is 179 Å². The summed E-state index contributed by atoms with van der Waals surface area (Å²) in [5, 5.41) is 1.70. The Morgan fingerprint density at radius 1 is 1.06 bits per heavy atom. The van der Waals surface area contributed by atoms with Crippen LogP contribution in [-0.4, -0.2) is 29.9 Å². The topological polar surface area (TPSA) is 126 Å². The number of aromatic amines is 2. The second-order valence-electron chi connectivity index (χ2n) is 6.35. The van der Waals surface area contributed by atoms with Gasteiger partial charge in [-0.3, -0.25) is 9.78 Å². The van der Waals surface area contributed by atoms with Gasteiger partial charge in [-0.15, -0.1) is 0 Å². The van der Waals surface area contributed by atoms with Crippen LogP contribution in [0.4, 0.5) is 5.82 Å². The molecule has 158 valence electrons. The first-order valence-corrected chi connectivity index (χ1v) is 10.1. The van der Waals surface area contributed by atoms with Crippen molar-refractivity contribution in [2.45, 2.75) is 27.2 Å². The number of nitrogen functional groups attached to an aromatic ring is 1. The van der Waals surface area contributed by atoms with Gasteiger partial charge >= 0.3 is 0 Å². The molecule has 31 heavy (non-hydrogen) atoms. The number of aromatic nitrogens is 6. The minimum absolute atomic E-state index is 0.0335. The van der Waals surface area contributed by atoms with Crippen molar-refractivity contribution in [3.05, 3.63) is 77.5 Å². The van der Waals surface area contributed by atoms with E-state index in [1.807, 2.05) is 57.2 Å². The number of benzene rings is 1. The van der Waals surface area contributed by atoms with Crippen molar-refractivity contribution < 1.29 is 0 Å². The highest BCUT2D eigenvalue weighted by Gasteiger charge is 2.08. The fourth-order valence-electron chi connectivity index (χ4n) is 3.11. The van der Waals surface area contributed by atoms with Crippen LogP contribution >= 0.6 is 0 Å². The molecule has 0 atom stereocenters. The molecule has 0 unspecified atom stereocenters. The number of rotatable bonds is 2. The lowest BCUT2D eigenvalue weighted by atomic mass is 10.0. The summed E-state index contributed by atoms with van der Waals surface area (Å²) in [6.45, 7) is 6.03.